The van der Waals surface area contributed by atoms with E-state index in [0.29, 0.717) is 5.82 Å². The van der Waals surface area contributed by atoms with E-state index in [9.17, 15) is 0 Å². The zero-order valence-electron chi connectivity index (χ0n) is 7.75. The maximum Gasteiger partial charge on any atom is 0.180 e. The van der Waals surface area contributed by atoms with Crippen LogP contribution in [-0.2, 0) is 0 Å². The molecule has 0 spiro atoms. The molecule has 3 rings (SSSR count). The van der Waals surface area contributed by atoms with E-state index in [1.807, 2.05) is 18.2 Å². The first-order chi connectivity index (χ1) is 7.43. The minimum Gasteiger partial charge on any atom is -0.329 e. The molecular weight excluding hydrogens is 190 g/mol. The lowest BCUT2D eigenvalue weighted by atomic mass is 10.3. The van der Waals surface area contributed by atoms with E-state index in [-0.39, 0.29) is 0 Å². The topological polar surface area (TPSA) is 67.3 Å². The number of pyridine rings is 1. The number of hydrogen-bond donors (Lipinski definition) is 1. The second-order valence-corrected chi connectivity index (χ2v) is 3.04. The lowest BCUT2D eigenvalue weighted by Crippen LogP contribution is -1.91. The van der Waals surface area contributed by atoms with Gasteiger partial charge in [-0.1, -0.05) is 6.07 Å². The van der Waals surface area contributed by atoms with E-state index < -0.39 is 0 Å². The quantitative estimate of drug-likeness (QED) is 0.640. The van der Waals surface area contributed by atoms with Gasteiger partial charge in [-0.25, -0.2) is 15.0 Å². The maximum absolute atomic E-state index is 4.31. The van der Waals surface area contributed by atoms with Gasteiger partial charge in [0.2, 0.25) is 0 Å². The smallest absolute Gasteiger partial charge is 0.180 e. The van der Waals surface area contributed by atoms with Crippen molar-refractivity contribution in [3.63, 3.8) is 0 Å². The van der Waals surface area contributed by atoms with Crippen molar-refractivity contribution < 1.29 is 0 Å². The standard InChI is InChI=1S/C10H7N5/c1-2-4-11-7(3-1)9-12-5-8-10(15-9)14-6-13-8/h1-6H,(H,12,13,14,15). The van der Waals surface area contributed by atoms with Gasteiger partial charge in [0, 0.05) is 6.20 Å². The fraction of sp³-hybridized carbons (Fsp3) is 0. The molecular formula is C10H7N5. The molecule has 3 heterocycles. The monoisotopic (exact) mass is 197 g/mol. The first kappa shape index (κ1) is 8.05. The van der Waals surface area contributed by atoms with E-state index in [1.165, 1.54) is 0 Å². The van der Waals surface area contributed by atoms with Gasteiger partial charge in [-0.3, -0.25) is 4.98 Å². The molecule has 0 radical (unpaired) electrons. The fourth-order valence-electron chi connectivity index (χ4n) is 1.36. The third kappa shape index (κ3) is 1.34. The van der Waals surface area contributed by atoms with Gasteiger partial charge in [-0.15, -0.1) is 0 Å². The largest absolute Gasteiger partial charge is 0.329 e. The highest BCUT2D eigenvalue weighted by Crippen LogP contribution is 2.12. The highest BCUT2D eigenvalue weighted by Gasteiger charge is 2.04. The summed E-state index contributed by atoms with van der Waals surface area (Å²) in [6.07, 6.45) is 5.00. The van der Waals surface area contributed by atoms with Gasteiger partial charge < -0.3 is 4.98 Å². The summed E-state index contributed by atoms with van der Waals surface area (Å²) in [6.45, 7) is 0. The summed E-state index contributed by atoms with van der Waals surface area (Å²) in [4.78, 5) is 19.7. The van der Waals surface area contributed by atoms with Crippen molar-refractivity contribution in [2.45, 2.75) is 0 Å². The van der Waals surface area contributed by atoms with Gasteiger partial charge in [0.25, 0.3) is 0 Å². The van der Waals surface area contributed by atoms with Crippen molar-refractivity contribution in [1.29, 1.82) is 0 Å². The summed E-state index contributed by atoms with van der Waals surface area (Å²) in [5.41, 5.74) is 2.24. The van der Waals surface area contributed by atoms with Gasteiger partial charge >= 0.3 is 0 Å². The summed E-state index contributed by atoms with van der Waals surface area (Å²) >= 11 is 0. The molecule has 0 saturated heterocycles. The Morgan fingerprint density at radius 1 is 1.07 bits per heavy atom. The van der Waals surface area contributed by atoms with Crippen LogP contribution >= 0.6 is 0 Å². The number of nitrogens with one attached hydrogen (secondary N) is 1. The van der Waals surface area contributed by atoms with Gasteiger partial charge in [-0.05, 0) is 12.1 Å². The Kier molecular flexibility index (Phi) is 1.68. The van der Waals surface area contributed by atoms with Crippen LogP contribution in [0.3, 0.4) is 0 Å². The fourth-order valence-corrected chi connectivity index (χ4v) is 1.36. The Morgan fingerprint density at radius 3 is 2.93 bits per heavy atom. The molecule has 0 aliphatic heterocycles. The molecule has 3 aromatic heterocycles. The highest BCUT2D eigenvalue weighted by molar-refractivity contribution is 5.70. The van der Waals surface area contributed by atoms with E-state index in [1.54, 1.807) is 18.7 Å². The van der Waals surface area contributed by atoms with Gasteiger partial charge in [0.15, 0.2) is 11.5 Å². The van der Waals surface area contributed by atoms with E-state index >= 15 is 0 Å². The van der Waals surface area contributed by atoms with Crippen molar-refractivity contribution in [3.05, 3.63) is 36.9 Å². The van der Waals surface area contributed by atoms with Crippen LogP contribution in [0, 0.1) is 0 Å². The Hall–Kier alpha value is -2.30. The summed E-state index contributed by atoms with van der Waals surface area (Å²) in [5, 5.41) is 0. The molecule has 0 amide bonds. The molecule has 5 heteroatoms. The summed E-state index contributed by atoms with van der Waals surface area (Å²) in [7, 11) is 0. The van der Waals surface area contributed by atoms with Crippen LogP contribution in [0.15, 0.2) is 36.9 Å². The SMILES string of the molecule is c1ccc(-c2ncc3nc[nH]c3n2)nc1. The Morgan fingerprint density at radius 2 is 2.07 bits per heavy atom. The Labute approximate surface area is 85.3 Å². The molecule has 3 aromatic rings. The molecule has 5 nitrogen and oxygen atoms in total. The van der Waals surface area contributed by atoms with Crippen molar-refractivity contribution in [1.82, 2.24) is 24.9 Å². The van der Waals surface area contributed by atoms with Crippen LogP contribution in [0.4, 0.5) is 0 Å². The zero-order chi connectivity index (χ0) is 10.1. The molecule has 0 atom stereocenters. The number of rotatable bonds is 1. The number of nitrogens with zero attached hydrogens (tertiary/aromatic N) is 4. The minimum atomic E-state index is 0.604. The van der Waals surface area contributed by atoms with Crippen LogP contribution in [0.5, 0.6) is 0 Å². The third-order valence-electron chi connectivity index (χ3n) is 2.07. The van der Waals surface area contributed by atoms with Gasteiger partial charge in [0.1, 0.15) is 11.2 Å². The predicted octanol–water partition coefficient (Wildman–Crippen LogP) is 1.41. The van der Waals surface area contributed by atoms with E-state index in [4.69, 9.17) is 0 Å². The van der Waals surface area contributed by atoms with Gasteiger partial charge in [-0.2, -0.15) is 0 Å². The third-order valence-corrected chi connectivity index (χ3v) is 2.07. The van der Waals surface area contributed by atoms with Crippen molar-refractivity contribution in [3.8, 4) is 11.5 Å². The van der Waals surface area contributed by atoms with Gasteiger partial charge in [0.05, 0.1) is 12.5 Å². The molecule has 72 valence electrons. The molecule has 0 unspecified atom stereocenters. The summed E-state index contributed by atoms with van der Waals surface area (Å²) in [5.74, 6) is 0.604. The van der Waals surface area contributed by atoms with Crippen LogP contribution < -0.4 is 0 Å². The number of imidazole rings is 1. The first-order valence-corrected chi connectivity index (χ1v) is 4.51. The molecule has 0 bridgehead atoms. The van der Waals surface area contributed by atoms with Crippen molar-refractivity contribution in [2.75, 3.05) is 0 Å². The average Bonchev–Trinajstić information content (AvgIpc) is 2.77. The second-order valence-electron chi connectivity index (χ2n) is 3.04. The van der Waals surface area contributed by atoms with Crippen LogP contribution in [0.2, 0.25) is 0 Å². The molecule has 0 aromatic carbocycles. The zero-order valence-corrected chi connectivity index (χ0v) is 7.75. The first-order valence-electron chi connectivity index (χ1n) is 4.51. The van der Waals surface area contributed by atoms with Crippen LogP contribution in [-0.4, -0.2) is 24.9 Å². The highest BCUT2D eigenvalue weighted by atomic mass is 15.0. The average molecular weight is 197 g/mol. The normalized spacial score (nSPS) is 10.7. The molecule has 1 N–H and O–H groups in total. The summed E-state index contributed by atoms with van der Waals surface area (Å²) in [6, 6.07) is 5.64. The number of fused-ring (bicyclic) bond motifs is 1. The maximum atomic E-state index is 4.31. The van der Waals surface area contributed by atoms with E-state index in [0.717, 1.165) is 16.9 Å². The van der Waals surface area contributed by atoms with Crippen molar-refractivity contribution >= 4 is 11.2 Å². The Bertz CT molecular complexity index is 587. The van der Waals surface area contributed by atoms with Crippen LogP contribution in [0.25, 0.3) is 22.7 Å². The van der Waals surface area contributed by atoms with Crippen molar-refractivity contribution in [2.24, 2.45) is 0 Å². The van der Waals surface area contributed by atoms with E-state index in [2.05, 4.69) is 24.9 Å². The van der Waals surface area contributed by atoms with Crippen LogP contribution in [0.1, 0.15) is 0 Å². The number of aromatic nitrogens is 5. The molecule has 0 saturated carbocycles. The number of H-pyrrole nitrogens is 1. The molecule has 0 aliphatic rings. The number of hydrogen-bond acceptors (Lipinski definition) is 4. The molecule has 0 aliphatic carbocycles. The lowest BCUT2D eigenvalue weighted by molar-refractivity contribution is 1.16. The summed E-state index contributed by atoms with van der Waals surface area (Å²) < 4.78 is 0. The molecule has 15 heavy (non-hydrogen) atoms. The number of aromatic amines is 1. The second kappa shape index (κ2) is 3.13. The molecule has 0 fully saturated rings. The minimum absolute atomic E-state index is 0.604. The lowest BCUT2D eigenvalue weighted by Gasteiger charge is -1.97. The Balaban J connectivity index is 2.19. The predicted molar refractivity (Wildman–Crippen MR) is 54.9 cm³/mol.